The fraction of sp³-hybridized carbons (Fsp3) is 0.833. The average Bonchev–Trinajstić information content (AvgIpc) is 3.05. The smallest absolute Gasteiger partial charge is 0.315 e. The molecular weight excluding hydrogens is 216 g/mol. The molecule has 0 radical (unpaired) electrons. The second-order valence-electron chi connectivity index (χ2n) is 4.92. The summed E-state index contributed by atoms with van der Waals surface area (Å²) in [6, 6.07) is 0.654. The van der Waals surface area contributed by atoms with Crippen molar-refractivity contribution in [3.63, 3.8) is 0 Å². The number of nitrogens with one attached hydrogen (secondary N) is 2. The molecule has 5 nitrogen and oxygen atoms in total. The molecule has 0 aromatic carbocycles. The molecule has 0 amide bonds. The van der Waals surface area contributed by atoms with Gasteiger partial charge >= 0.3 is 6.01 Å². The Morgan fingerprint density at radius 2 is 2.12 bits per heavy atom. The lowest BCUT2D eigenvalue weighted by molar-refractivity contribution is 0.425. The summed E-state index contributed by atoms with van der Waals surface area (Å²) in [5, 5.41) is 14.5. The predicted octanol–water partition coefficient (Wildman–Crippen LogP) is 2.20. The van der Waals surface area contributed by atoms with E-state index in [1.165, 1.54) is 12.8 Å². The van der Waals surface area contributed by atoms with E-state index in [1.54, 1.807) is 0 Å². The molecule has 1 aromatic heterocycles. The molecule has 0 spiro atoms. The van der Waals surface area contributed by atoms with E-state index < -0.39 is 0 Å². The zero-order chi connectivity index (χ0) is 12.3. The molecule has 5 heteroatoms. The highest BCUT2D eigenvalue weighted by Gasteiger charge is 2.27. The quantitative estimate of drug-likeness (QED) is 0.762. The van der Waals surface area contributed by atoms with Crippen LogP contribution in [0.3, 0.4) is 0 Å². The van der Waals surface area contributed by atoms with Crippen molar-refractivity contribution in [2.24, 2.45) is 11.8 Å². The van der Waals surface area contributed by atoms with E-state index in [-0.39, 0.29) is 6.04 Å². The average molecular weight is 238 g/mol. The molecule has 1 aliphatic carbocycles. The van der Waals surface area contributed by atoms with Crippen molar-refractivity contribution in [2.75, 3.05) is 18.4 Å². The summed E-state index contributed by atoms with van der Waals surface area (Å²) in [4.78, 5) is 0. The maximum absolute atomic E-state index is 5.55. The SMILES string of the molecule is CCNC(C)c1nnc(NCC(C)C2CC2)o1. The van der Waals surface area contributed by atoms with Crippen molar-refractivity contribution in [3.05, 3.63) is 5.89 Å². The van der Waals surface area contributed by atoms with E-state index in [9.17, 15) is 0 Å². The van der Waals surface area contributed by atoms with Crippen LogP contribution in [0.5, 0.6) is 0 Å². The summed E-state index contributed by atoms with van der Waals surface area (Å²) >= 11 is 0. The Morgan fingerprint density at radius 3 is 2.76 bits per heavy atom. The lowest BCUT2D eigenvalue weighted by Gasteiger charge is -2.09. The lowest BCUT2D eigenvalue weighted by Crippen LogP contribution is -2.17. The Labute approximate surface area is 102 Å². The Hall–Kier alpha value is -1.10. The molecule has 96 valence electrons. The summed E-state index contributed by atoms with van der Waals surface area (Å²) < 4.78 is 5.55. The topological polar surface area (TPSA) is 63.0 Å². The van der Waals surface area contributed by atoms with Crippen LogP contribution in [0.1, 0.15) is 45.5 Å². The highest BCUT2D eigenvalue weighted by atomic mass is 16.4. The summed E-state index contributed by atoms with van der Waals surface area (Å²) in [6.07, 6.45) is 2.74. The van der Waals surface area contributed by atoms with E-state index in [4.69, 9.17) is 4.42 Å². The summed E-state index contributed by atoms with van der Waals surface area (Å²) in [6.45, 7) is 8.16. The molecule has 1 aromatic rings. The van der Waals surface area contributed by atoms with E-state index in [1.807, 2.05) is 6.92 Å². The van der Waals surface area contributed by atoms with Gasteiger partial charge in [-0.3, -0.25) is 0 Å². The van der Waals surface area contributed by atoms with Crippen molar-refractivity contribution in [1.29, 1.82) is 0 Å². The molecule has 0 bridgehead atoms. The normalized spacial score (nSPS) is 19.0. The van der Waals surface area contributed by atoms with Crippen LogP contribution in [0.4, 0.5) is 6.01 Å². The third kappa shape index (κ3) is 3.43. The maximum Gasteiger partial charge on any atom is 0.315 e. The van der Waals surface area contributed by atoms with Crippen LogP contribution in [0, 0.1) is 11.8 Å². The van der Waals surface area contributed by atoms with Crippen molar-refractivity contribution < 1.29 is 4.42 Å². The van der Waals surface area contributed by atoms with Gasteiger partial charge in [-0.05, 0) is 38.1 Å². The van der Waals surface area contributed by atoms with E-state index in [2.05, 4.69) is 34.7 Å². The third-order valence-corrected chi connectivity index (χ3v) is 3.32. The van der Waals surface area contributed by atoms with Gasteiger partial charge < -0.3 is 15.1 Å². The molecular formula is C12H22N4O. The fourth-order valence-corrected chi connectivity index (χ4v) is 1.95. The number of rotatable bonds is 7. The van der Waals surface area contributed by atoms with Gasteiger partial charge in [0.15, 0.2) is 0 Å². The molecule has 2 unspecified atom stereocenters. The van der Waals surface area contributed by atoms with Crippen molar-refractivity contribution >= 4 is 6.01 Å². The van der Waals surface area contributed by atoms with E-state index in [0.717, 1.165) is 19.0 Å². The highest BCUT2D eigenvalue weighted by Crippen LogP contribution is 2.36. The molecule has 2 N–H and O–H groups in total. The fourth-order valence-electron chi connectivity index (χ4n) is 1.95. The van der Waals surface area contributed by atoms with Gasteiger partial charge in [0.2, 0.25) is 5.89 Å². The first-order chi connectivity index (χ1) is 8.20. The van der Waals surface area contributed by atoms with Crippen LogP contribution in [0.15, 0.2) is 4.42 Å². The predicted molar refractivity (Wildman–Crippen MR) is 66.8 cm³/mol. The molecule has 2 rings (SSSR count). The Balaban J connectivity index is 1.80. The van der Waals surface area contributed by atoms with Crippen molar-refractivity contribution in [3.8, 4) is 0 Å². The van der Waals surface area contributed by atoms with Crippen LogP contribution in [0.2, 0.25) is 0 Å². The zero-order valence-corrected chi connectivity index (χ0v) is 10.9. The molecule has 0 aliphatic heterocycles. The van der Waals surface area contributed by atoms with Crippen LogP contribution < -0.4 is 10.6 Å². The molecule has 1 saturated carbocycles. The highest BCUT2D eigenvalue weighted by molar-refractivity contribution is 5.17. The largest absolute Gasteiger partial charge is 0.406 e. The monoisotopic (exact) mass is 238 g/mol. The summed E-state index contributed by atoms with van der Waals surface area (Å²) in [5.74, 6) is 2.23. The Kier molecular flexibility index (Phi) is 3.99. The second kappa shape index (κ2) is 5.49. The van der Waals surface area contributed by atoms with Crippen LogP contribution in [0.25, 0.3) is 0 Å². The maximum atomic E-state index is 5.55. The minimum Gasteiger partial charge on any atom is -0.406 e. The zero-order valence-electron chi connectivity index (χ0n) is 10.9. The molecule has 1 fully saturated rings. The number of aromatic nitrogens is 2. The van der Waals surface area contributed by atoms with E-state index in [0.29, 0.717) is 17.8 Å². The molecule has 2 atom stereocenters. The summed E-state index contributed by atoms with van der Waals surface area (Å²) in [5.41, 5.74) is 0. The number of hydrogen-bond acceptors (Lipinski definition) is 5. The van der Waals surface area contributed by atoms with Gasteiger partial charge in [0.25, 0.3) is 0 Å². The van der Waals surface area contributed by atoms with Gasteiger partial charge in [0.05, 0.1) is 6.04 Å². The molecule has 0 saturated heterocycles. The number of hydrogen-bond donors (Lipinski definition) is 2. The van der Waals surface area contributed by atoms with Crippen LogP contribution in [-0.4, -0.2) is 23.3 Å². The summed E-state index contributed by atoms with van der Waals surface area (Å²) in [7, 11) is 0. The Bertz CT molecular complexity index is 348. The van der Waals surface area contributed by atoms with Crippen molar-refractivity contribution in [2.45, 2.75) is 39.7 Å². The number of nitrogens with zero attached hydrogens (tertiary/aromatic N) is 2. The first kappa shape index (κ1) is 12.4. The first-order valence-corrected chi connectivity index (χ1v) is 6.51. The minimum atomic E-state index is 0.115. The van der Waals surface area contributed by atoms with Gasteiger partial charge in [0.1, 0.15) is 0 Å². The van der Waals surface area contributed by atoms with Gasteiger partial charge in [-0.25, -0.2) is 0 Å². The van der Waals surface area contributed by atoms with Crippen LogP contribution in [-0.2, 0) is 0 Å². The molecule has 17 heavy (non-hydrogen) atoms. The van der Waals surface area contributed by atoms with E-state index >= 15 is 0 Å². The van der Waals surface area contributed by atoms with Crippen molar-refractivity contribution in [1.82, 2.24) is 15.5 Å². The van der Waals surface area contributed by atoms with Gasteiger partial charge in [-0.15, -0.1) is 5.10 Å². The van der Waals surface area contributed by atoms with Crippen LogP contribution >= 0.6 is 0 Å². The second-order valence-corrected chi connectivity index (χ2v) is 4.92. The minimum absolute atomic E-state index is 0.115. The van der Waals surface area contributed by atoms with Gasteiger partial charge in [-0.1, -0.05) is 18.9 Å². The molecule has 1 heterocycles. The van der Waals surface area contributed by atoms with Gasteiger partial charge in [-0.2, -0.15) is 0 Å². The molecule has 1 aliphatic rings. The lowest BCUT2D eigenvalue weighted by atomic mass is 10.1. The number of anilines is 1. The van der Waals surface area contributed by atoms with Gasteiger partial charge in [0, 0.05) is 6.54 Å². The third-order valence-electron chi connectivity index (χ3n) is 3.32. The Morgan fingerprint density at radius 1 is 1.35 bits per heavy atom. The first-order valence-electron chi connectivity index (χ1n) is 6.51. The standard InChI is InChI=1S/C12H22N4O/c1-4-13-9(3)11-15-16-12(17-11)14-7-8(2)10-5-6-10/h8-10,13H,4-7H2,1-3H3,(H,14,16).